The molecule has 6 heteroatoms. The van der Waals surface area contributed by atoms with Crippen molar-refractivity contribution in [2.45, 2.75) is 25.8 Å². The molecule has 6 nitrogen and oxygen atoms in total. The molecule has 2 heterocycles. The molecular weight excluding hydrogens is 304 g/mol. The van der Waals surface area contributed by atoms with Crippen LogP contribution in [0.25, 0.3) is 0 Å². The highest BCUT2D eigenvalue weighted by Crippen LogP contribution is 2.19. The lowest BCUT2D eigenvalue weighted by Crippen LogP contribution is -2.28. The van der Waals surface area contributed by atoms with Gasteiger partial charge in [0.1, 0.15) is 5.82 Å². The van der Waals surface area contributed by atoms with Gasteiger partial charge < -0.3 is 15.4 Å². The van der Waals surface area contributed by atoms with Crippen LogP contribution in [0, 0.1) is 5.92 Å². The predicted octanol–water partition coefficient (Wildman–Crippen LogP) is 3.01. The Morgan fingerprint density at radius 1 is 1.08 bits per heavy atom. The molecule has 0 saturated carbocycles. The molecule has 1 fully saturated rings. The van der Waals surface area contributed by atoms with E-state index in [1.165, 1.54) is 5.56 Å². The number of ether oxygens (including phenoxy) is 1. The summed E-state index contributed by atoms with van der Waals surface area (Å²) in [7, 11) is 0. The standard InChI is InChI=1S/C18H22N4O2/c1-13(14-5-3-2-4-6-14)19-16-7-8-17(22-21-16)20-18(23)15-9-11-24-12-10-15/h2-8,13,15H,9-12H2,1H3,(H,19,21)(H,20,22,23). The van der Waals surface area contributed by atoms with E-state index in [9.17, 15) is 4.79 Å². The Balaban J connectivity index is 1.56. The van der Waals surface area contributed by atoms with Crippen LogP contribution in [0.3, 0.4) is 0 Å². The van der Waals surface area contributed by atoms with Crippen molar-refractivity contribution < 1.29 is 9.53 Å². The van der Waals surface area contributed by atoms with Crippen molar-refractivity contribution in [3.05, 3.63) is 48.0 Å². The number of nitrogens with one attached hydrogen (secondary N) is 2. The second kappa shape index (κ2) is 7.88. The number of amides is 1. The highest BCUT2D eigenvalue weighted by molar-refractivity contribution is 5.91. The first-order valence-electron chi connectivity index (χ1n) is 8.26. The Hall–Kier alpha value is -2.47. The summed E-state index contributed by atoms with van der Waals surface area (Å²) in [5, 5.41) is 14.4. The molecular formula is C18H22N4O2. The normalized spacial score (nSPS) is 16.4. The monoisotopic (exact) mass is 326 g/mol. The van der Waals surface area contributed by atoms with Crippen LogP contribution in [0.2, 0.25) is 0 Å². The zero-order valence-corrected chi connectivity index (χ0v) is 13.7. The molecule has 1 unspecified atom stereocenters. The quantitative estimate of drug-likeness (QED) is 0.883. The Kier molecular flexibility index (Phi) is 5.38. The van der Waals surface area contributed by atoms with E-state index in [1.54, 1.807) is 6.07 Å². The van der Waals surface area contributed by atoms with Crippen molar-refractivity contribution in [3.63, 3.8) is 0 Å². The summed E-state index contributed by atoms with van der Waals surface area (Å²) in [6.45, 7) is 3.35. The number of hydrogen-bond donors (Lipinski definition) is 2. The lowest BCUT2D eigenvalue weighted by atomic mass is 9.99. The van der Waals surface area contributed by atoms with Crippen LogP contribution in [0.5, 0.6) is 0 Å². The van der Waals surface area contributed by atoms with Crippen molar-refractivity contribution in [1.29, 1.82) is 0 Å². The average Bonchev–Trinajstić information content (AvgIpc) is 2.65. The van der Waals surface area contributed by atoms with Crippen LogP contribution in [0.15, 0.2) is 42.5 Å². The van der Waals surface area contributed by atoms with E-state index in [0.29, 0.717) is 24.8 Å². The fourth-order valence-corrected chi connectivity index (χ4v) is 2.71. The van der Waals surface area contributed by atoms with Crippen molar-refractivity contribution >= 4 is 17.5 Å². The average molecular weight is 326 g/mol. The van der Waals surface area contributed by atoms with E-state index >= 15 is 0 Å². The summed E-state index contributed by atoms with van der Waals surface area (Å²) in [5.74, 6) is 1.14. The first kappa shape index (κ1) is 16.4. The van der Waals surface area contributed by atoms with Crippen molar-refractivity contribution in [2.75, 3.05) is 23.8 Å². The summed E-state index contributed by atoms with van der Waals surface area (Å²) in [5.41, 5.74) is 1.18. The number of benzene rings is 1. The number of nitrogens with zero attached hydrogens (tertiary/aromatic N) is 2. The summed E-state index contributed by atoms with van der Waals surface area (Å²) in [6, 6.07) is 13.9. The second-order valence-electron chi connectivity index (χ2n) is 5.96. The van der Waals surface area contributed by atoms with E-state index < -0.39 is 0 Å². The number of rotatable bonds is 5. The molecule has 1 atom stereocenters. The van der Waals surface area contributed by atoms with Crippen LogP contribution < -0.4 is 10.6 Å². The molecule has 0 bridgehead atoms. The van der Waals surface area contributed by atoms with Gasteiger partial charge in [-0.3, -0.25) is 4.79 Å². The number of carbonyl (C=O) groups excluding carboxylic acids is 1. The smallest absolute Gasteiger partial charge is 0.228 e. The zero-order chi connectivity index (χ0) is 16.8. The maximum Gasteiger partial charge on any atom is 0.228 e. The van der Waals surface area contributed by atoms with Gasteiger partial charge in [0.25, 0.3) is 0 Å². The van der Waals surface area contributed by atoms with E-state index in [4.69, 9.17) is 4.74 Å². The number of carbonyl (C=O) groups is 1. The lowest BCUT2D eigenvalue weighted by molar-refractivity contribution is -0.122. The molecule has 0 radical (unpaired) electrons. The Bertz CT molecular complexity index is 654. The largest absolute Gasteiger partial charge is 0.381 e. The van der Waals surface area contributed by atoms with Crippen LogP contribution >= 0.6 is 0 Å². The molecule has 1 saturated heterocycles. The summed E-state index contributed by atoms with van der Waals surface area (Å²) in [6.07, 6.45) is 1.51. The fourth-order valence-electron chi connectivity index (χ4n) is 2.71. The fraction of sp³-hybridized carbons (Fsp3) is 0.389. The van der Waals surface area contributed by atoms with E-state index in [-0.39, 0.29) is 17.9 Å². The van der Waals surface area contributed by atoms with E-state index in [2.05, 4.69) is 39.9 Å². The van der Waals surface area contributed by atoms with Gasteiger partial charge in [-0.05, 0) is 37.5 Å². The molecule has 2 aromatic rings. The predicted molar refractivity (Wildman–Crippen MR) is 92.7 cm³/mol. The lowest BCUT2D eigenvalue weighted by Gasteiger charge is -2.20. The third kappa shape index (κ3) is 4.29. The Morgan fingerprint density at radius 3 is 2.42 bits per heavy atom. The molecule has 126 valence electrons. The van der Waals surface area contributed by atoms with Gasteiger partial charge in [-0.15, -0.1) is 10.2 Å². The molecule has 1 aliphatic rings. The van der Waals surface area contributed by atoms with Crippen molar-refractivity contribution in [1.82, 2.24) is 10.2 Å². The highest BCUT2D eigenvalue weighted by atomic mass is 16.5. The van der Waals surface area contributed by atoms with Crippen molar-refractivity contribution in [3.8, 4) is 0 Å². The molecule has 2 N–H and O–H groups in total. The van der Waals surface area contributed by atoms with Crippen LogP contribution in [0.4, 0.5) is 11.6 Å². The van der Waals surface area contributed by atoms with Gasteiger partial charge in [0.15, 0.2) is 5.82 Å². The number of anilines is 2. The molecule has 24 heavy (non-hydrogen) atoms. The first-order chi connectivity index (χ1) is 11.7. The van der Waals surface area contributed by atoms with Gasteiger partial charge in [-0.2, -0.15) is 0 Å². The van der Waals surface area contributed by atoms with E-state index in [0.717, 1.165) is 12.8 Å². The van der Waals surface area contributed by atoms with Gasteiger partial charge >= 0.3 is 0 Å². The van der Waals surface area contributed by atoms with Gasteiger partial charge in [0.2, 0.25) is 5.91 Å². The van der Waals surface area contributed by atoms with Crippen LogP contribution in [-0.4, -0.2) is 29.3 Å². The SMILES string of the molecule is CC(Nc1ccc(NC(=O)C2CCOCC2)nn1)c1ccccc1. The number of aromatic nitrogens is 2. The van der Waals surface area contributed by atoms with Crippen molar-refractivity contribution in [2.24, 2.45) is 5.92 Å². The summed E-state index contributed by atoms with van der Waals surface area (Å²) in [4.78, 5) is 12.2. The Morgan fingerprint density at radius 2 is 1.75 bits per heavy atom. The summed E-state index contributed by atoms with van der Waals surface area (Å²) < 4.78 is 5.27. The minimum absolute atomic E-state index is 0.00328. The summed E-state index contributed by atoms with van der Waals surface area (Å²) >= 11 is 0. The zero-order valence-electron chi connectivity index (χ0n) is 13.7. The van der Waals surface area contributed by atoms with E-state index in [1.807, 2.05) is 24.3 Å². The minimum atomic E-state index is -0.00837. The van der Waals surface area contributed by atoms with Gasteiger partial charge in [-0.25, -0.2) is 0 Å². The maximum absolute atomic E-state index is 12.2. The maximum atomic E-state index is 12.2. The molecule has 1 aromatic heterocycles. The molecule has 1 amide bonds. The topological polar surface area (TPSA) is 76.1 Å². The third-order valence-corrected chi connectivity index (χ3v) is 4.17. The molecule has 3 rings (SSSR count). The van der Waals surface area contributed by atoms with Gasteiger partial charge in [0.05, 0.1) is 0 Å². The number of hydrogen-bond acceptors (Lipinski definition) is 5. The molecule has 1 aliphatic heterocycles. The molecule has 1 aromatic carbocycles. The molecule has 0 aliphatic carbocycles. The van der Waals surface area contributed by atoms with Gasteiger partial charge in [0, 0.05) is 25.2 Å². The van der Waals surface area contributed by atoms with Crippen LogP contribution in [0.1, 0.15) is 31.4 Å². The minimum Gasteiger partial charge on any atom is -0.381 e. The second-order valence-corrected chi connectivity index (χ2v) is 5.96. The highest BCUT2D eigenvalue weighted by Gasteiger charge is 2.21. The third-order valence-electron chi connectivity index (χ3n) is 4.17. The molecule has 0 spiro atoms. The van der Waals surface area contributed by atoms with Gasteiger partial charge in [-0.1, -0.05) is 30.3 Å². The Labute approximate surface area is 141 Å². The van der Waals surface area contributed by atoms with Crippen LogP contribution in [-0.2, 0) is 9.53 Å². The first-order valence-corrected chi connectivity index (χ1v) is 8.26.